The van der Waals surface area contributed by atoms with E-state index in [1.807, 2.05) is 46.0 Å². The van der Waals surface area contributed by atoms with Crippen LogP contribution in [0.3, 0.4) is 0 Å². The Hall–Kier alpha value is -2.68. The van der Waals surface area contributed by atoms with Crippen molar-refractivity contribution in [3.63, 3.8) is 0 Å². The van der Waals surface area contributed by atoms with Gasteiger partial charge in [0.05, 0.1) is 41.2 Å². The SMILES string of the molecule is CNCCCOc1ccc(Cl)c(-c2nc(NC3CCOC3)c(C)c(-c3c(C)noc3C)n2)c1. The van der Waals surface area contributed by atoms with E-state index >= 15 is 0 Å². The number of rotatable bonds is 9. The third-order valence-electron chi connectivity index (χ3n) is 5.71. The Morgan fingerprint density at radius 2 is 2.06 bits per heavy atom. The number of anilines is 1. The zero-order chi connectivity index (χ0) is 23.4. The molecule has 4 rings (SSSR count). The summed E-state index contributed by atoms with van der Waals surface area (Å²) in [5, 5.41) is 11.3. The van der Waals surface area contributed by atoms with Crippen molar-refractivity contribution < 1.29 is 14.0 Å². The summed E-state index contributed by atoms with van der Waals surface area (Å²) in [5.41, 5.74) is 4.06. The van der Waals surface area contributed by atoms with Crippen LogP contribution >= 0.6 is 11.6 Å². The summed E-state index contributed by atoms with van der Waals surface area (Å²) in [6.07, 6.45) is 1.83. The van der Waals surface area contributed by atoms with Crippen LogP contribution in [0, 0.1) is 20.8 Å². The summed E-state index contributed by atoms with van der Waals surface area (Å²) in [6.45, 7) is 8.70. The van der Waals surface area contributed by atoms with Gasteiger partial charge in [0.1, 0.15) is 17.3 Å². The minimum absolute atomic E-state index is 0.196. The predicted molar refractivity (Wildman–Crippen MR) is 129 cm³/mol. The summed E-state index contributed by atoms with van der Waals surface area (Å²) in [4.78, 5) is 9.79. The van der Waals surface area contributed by atoms with Gasteiger partial charge in [-0.15, -0.1) is 0 Å². The van der Waals surface area contributed by atoms with Gasteiger partial charge in [-0.2, -0.15) is 0 Å². The van der Waals surface area contributed by atoms with Crippen LogP contribution in [0.2, 0.25) is 5.02 Å². The first kappa shape index (κ1) is 23.5. The minimum atomic E-state index is 0.196. The molecule has 1 aliphatic heterocycles. The molecule has 0 saturated carbocycles. The Morgan fingerprint density at radius 1 is 1.21 bits per heavy atom. The highest BCUT2D eigenvalue weighted by atomic mass is 35.5. The van der Waals surface area contributed by atoms with Crippen LogP contribution in [0.4, 0.5) is 5.82 Å². The number of ether oxygens (including phenoxy) is 2. The second-order valence-electron chi connectivity index (χ2n) is 8.22. The number of benzene rings is 1. The van der Waals surface area contributed by atoms with E-state index in [2.05, 4.69) is 15.8 Å². The third-order valence-corrected chi connectivity index (χ3v) is 6.03. The normalized spacial score (nSPS) is 15.7. The number of aryl methyl sites for hydroxylation is 2. The fourth-order valence-electron chi connectivity index (χ4n) is 3.89. The van der Waals surface area contributed by atoms with Crippen molar-refractivity contribution in [2.75, 3.05) is 38.7 Å². The van der Waals surface area contributed by atoms with Gasteiger partial charge >= 0.3 is 0 Å². The number of nitrogens with one attached hydrogen (secondary N) is 2. The van der Waals surface area contributed by atoms with Crippen molar-refractivity contribution in [1.29, 1.82) is 0 Å². The molecule has 8 nitrogen and oxygen atoms in total. The molecule has 0 aliphatic carbocycles. The second kappa shape index (κ2) is 10.5. The monoisotopic (exact) mass is 471 g/mol. The smallest absolute Gasteiger partial charge is 0.163 e. The van der Waals surface area contributed by atoms with Crippen LogP contribution in [0.15, 0.2) is 22.7 Å². The Kier molecular flexibility index (Phi) is 7.47. The lowest BCUT2D eigenvalue weighted by atomic mass is 10.0. The van der Waals surface area contributed by atoms with Crippen molar-refractivity contribution in [3.8, 4) is 28.4 Å². The summed E-state index contributed by atoms with van der Waals surface area (Å²) >= 11 is 6.60. The van der Waals surface area contributed by atoms with E-state index in [1.54, 1.807) is 0 Å². The lowest BCUT2D eigenvalue weighted by molar-refractivity contribution is 0.195. The lowest BCUT2D eigenvalue weighted by Crippen LogP contribution is -2.21. The summed E-state index contributed by atoms with van der Waals surface area (Å²) in [5.74, 6) is 2.71. The van der Waals surface area contributed by atoms with Gasteiger partial charge < -0.3 is 24.6 Å². The zero-order valence-corrected chi connectivity index (χ0v) is 20.3. The van der Waals surface area contributed by atoms with Gasteiger partial charge in [-0.05, 0) is 65.4 Å². The second-order valence-corrected chi connectivity index (χ2v) is 8.63. The summed E-state index contributed by atoms with van der Waals surface area (Å²) in [7, 11) is 1.93. The molecule has 1 saturated heterocycles. The number of nitrogens with zero attached hydrogens (tertiary/aromatic N) is 3. The average molecular weight is 472 g/mol. The molecule has 0 amide bonds. The molecule has 9 heteroatoms. The topological polar surface area (TPSA) is 94.3 Å². The Bertz CT molecular complexity index is 1090. The molecule has 1 aliphatic rings. The summed E-state index contributed by atoms with van der Waals surface area (Å²) in [6, 6.07) is 5.78. The van der Waals surface area contributed by atoms with Crippen LogP contribution < -0.4 is 15.4 Å². The minimum Gasteiger partial charge on any atom is -0.494 e. The molecule has 33 heavy (non-hydrogen) atoms. The number of hydrogen-bond acceptors (Lipinski definition) is 8. The molecular formula is C24H30ClN5O3. The van der Waals surface area contributed by atoms with Crippen LogP contribution in [0.1, 0.15) is 29.9 Å². The molecule has 3 heterocycles. The molecule has 176 valence electrons. The first-order valence-electron chi connectivity index (χ1n) is 11.2. The summed E-state index contributed by atoms with van der Waals surface area (Å²) < 4.78 is 16.9. The van der Waals surface area contributed by atoms with Gasteiger partial charge in [-0.3, -0.25) is 0 Å². The van der Waals surface area contributed by atoms with E-state index in [9.17, 15) is 0 Å². The fourth-order valence-corrected chi connectivity index (χ4v) is 4.09. The van der Waals surface area contributed by atoms with Crippen LogP contribution in [-0.4, -0.2) is 54.6 Å². The average Bonchev–Trinajstić information content (AvgIpc) is 3.43. The third kappa shape index (κ3) is 5.29. The van der Waals surface area contributed by atoms with Gasteiger partial charge in [-0.25, -0.2) is 9.97 Å². The highest BCUT2D eigenvalue weighted by Gasteiger charge is 2.23. The predicted octanol–water partition coefficient (Wildman–Crippen LogP) is 4.57. The lowest BCUT2D eigenvalue weighted by Gasteiger charge is -2.18. The van der Waals surface area contributed by atoms with Crippen LogP contribution in [0.25, 0.3) is 22.6 Å². The number of aromatic nitrogens is 3. The highest BCUT2D eigenvalue weighted by molar-refractivity contribution is 6.33. The molecule has 0 radical (unpaired) electrons. The van der Waals surface area contributed by atoms with E-state index in [0.29, 0.717) is 35.4 Å². The molecule has 2 N–H and O–H groups in total. The molecule has 1 aromatic carbocycles. The quantitative estimate of drug-likeness (QED) is 0.438. The Labute approximate surface area is 199 Å². The van der Waals surface area contributed by atoms with Gasteiger partial charge in [-0.1, -0.05) is 16.8 Å². The standard InChI is InChI=1S/C24H30ClN5O3/c1-14-22(21-15(2)30-33-16(21)3)28-24(29-23(14)27-17-8-11-31-13-17)19-12-18(6-7-20(19)25)32-10-5-9-26-4/h6-7,12,17,26H,5,8-11,13H2,1-4H3,(H,27,28,29). The van der Waals surface area contributed by atoms with Crippen molar-refractivity contribution >= 4 is 17.4 Å². The Balaban J connectivity index is 1.77. The Morgan fingerprint density at radius 3 is 2.76 bits per heavy atom. The molecule has 1 atom stereocenters. The largest absolute Gasteiger partial charge is 0.494 e. The van der Waals surface area contributed by atoms with Gasteiger partial charge in [0.15, 0.2) is 5.82 Å². The molecule has 3 aromatic rings. The van der Waals surface area contributed by atoms with Crippen molar-refractivity contribution in [3.05, 3.63) is 40.2 Å². The van der Waals surface area contributed by atoms with Gasteiger partial charge in [0, 0.05) is 17.7 Å². The maximum atomic E-state index is 6.60. The molecule has 1 unspecified atom stereocenters. The number of halogens is 1. The van der Waals surface area contributed by atoms with Crippen LogP contribution in [0.5, 0.6) is 5.75 Å². The van der Waals surface area contributed by atoms with Crippen molar-refractivity contribution in [1.82, 2.24) is 20.4 Å². The maximum absolute atomic E-state index is 6.60. The van der Waals surface area contributed by atoms with Crippen LogP contribution in [-0.2, 0) is 4.74 Å². The fraction of sp³-hybridized carbons (Fsp3) is 0.458. The van der Waals surface area contributed by atoms with Gasteiger partial charge in [0.2, 0.25) is 0 Å². The van der Waals surface area contributed by atoms with Crippen molar-refractivity contribution in [2.24, 2.45) is 0 Å². The molecular weight excluding hydrogens is 442 g/mol. The first-order valence-corrected chi connectivity index (χ1v) is 11.6. The van der Waals surface area contributed by atoms with E-state index < -0.39 is 0 Å². The zero-order valence-electron chi connectivity index (χ0n) is 19.5. The first-order chi connectivity index (χ1) is 16.0. The van der Waals surface area contributed by atoms with Gasteiger partial charge in [0.25, 0.3) is 0 Å². The van der Waals surface area contributed by atoms with E-state index in [1.165, 1.54) is 0 Å². The van der Waals surface area contributed by atoms with Crippen molar-refractivity contribution in [2.45, 2.75) is 39.7 Å². The highest BCUT2D eigenvalue weighted by Crippen LogP contribution is 2.36. The van der Waals surface area contributed by atoms with E-state index in [0.717, 1.165) is 60.1 Å². The molecule has 0 bridgehead atoms. The molecule has 2 aromatic heterocycles. The maximum Gasteiger partial charge on any atom is 0.163 e. The van der Waals surface area contributed by atoms with E-state index in [4.69, 9.17) is 35.6 Å². The van der Waals surface area contributed by atoms with E-state index in [-0.39, 0.29) is 6.04 Å². The molecule has 0 spiro atoms. The molecule has 1 fully saturated rings. The number of hydrogen-bond donors (Lipinski definition) is 2.